The van der Waals surface area contributed by atoms with Crippen molar-refractivity contribution >= 4 is 15.7 Å². The van der Waals surface area contributed by atoms with Crippen molar-refractivity contribution in [1.29, 1.82) is 0 Å². The van der Waals surface area contributed by atoms with E-state index in [4.69, 9.17) is 9.47 Å². The van der Waals surface area contributed by atoms with Crippen LogP contribution in [0.4, 0.5) is 0 Å². The maximum atomic E-state index is 13.5. The highest BCUT2D eigenvalue weighted by Crippen LogP contribution is 2.38. The number of aryl methyl sites for hydroxylation is 1. The lowest BCUT2D eigenvalue weighted by molar-refractivity contribution is 0.355. The Kier molecular flexibility index (Phi) is 5.69. The summed E-state index contributed by atoms with van der Waals surface area (Å²) in [6.07, 6.45) is 0.449. The van der Waals surface area contributed by atoms with Gasteiger partial charge in [0.25, 0.3) is 10.0 Å². The first kappa shape index (κ1) is 20.9. The minimum Gasteiger partial charge on any atom is -0.493 e. The van der Waals surface area contributed by atoms with E-state index in [9.17, 15) is 8.42 Å². The first-order valence-electron chi connectivity index (χ1n) is 9.90. The fourth-order valence-corrected chi connectivity index (χ4v) is 5.09. The quantitative estimate of drug-likeness (QED) is 0.568. The molecule has 0 amide bonds. The molecule has 1 aliphatic heterocycles. The highest BCUT2D eigenvalue weighted by atomic mass is 32.2. The molecule has 3 aromatic carbocycles. The Morgan fingerprint density at radius 2 is 1.58 bits per heavy atom. The zero-order valence-corrected chi connectivity index (χ0v) is 18.5. The maximum absolute atomic E-state index is 13.5. The number of nitrogens with zero attached hydrogens (tertiary/aromatic N) is 2. The van der Waals surface area contributed by atoms with Gasteiger partial charge < -0.3 is 9.47 Å². The topological polar surface area (TPSA) is 68.2 Å². The van der Waals surface area contributed by atoms with Gasteiger partial charge in [-0.2, -0.15) is 17.9 Å². The van der Waals surface area contributed by atoms with Crippen molar-refractivity contribution in [3.8, 4) is 11.5 Å². The Morgan fingerprint density at radius 3 is 2.23 bits per heavy atom. The second-order valence-electron chi connectivity index (χ2n) is 7.34. The minimum absolute atomic E-state index is 0.212. The second kappa shape index (κ2) is 8.43. The van der Waals surface area contributed by atoms with E-state index in [1.807, 2.05) is 43.3 Å². The number of hydrazone groups is 1. The van der Waals surface area contributed by atoms with Gasteiger partial charge in [-0.15, -0.1) is 0 Å². The standard InChI is InChI=1S/C24H24N2O4S/c1-17-9-11-18(12-10-17)22-16-21(19-13-14-23(29-2)24(15-19)30-3)25-26(22)31(27,28)20-7-5-4-6-8-20/h4-15,22H,16H2,1-3H3. The van der Waals surface area contributed by atoms with E-state index in [0.717, 1.165) is 16.7 Å². The predicted octanol–water partition coefficient (Wildman–Crippen LogP) is 4.55. The minimum atomic E-state index is -3.83. The van der Waals surface area contributed by atoms with Gasteiger partial charge >= 0.3 is 0 Å². The van der Waals surface area contributed by atoms with E-state index in [1.54, 1.807) is 50.6 Å². The van der Waals surface area contributed by atoms with Gasteiger partial charge in [-0.1, -0.05) is 48.0 Å². The molecule has 0 aromatic heterocycles. The van der Waals surface area contributed by atoms with Crippen molar-refractivity contribution in [2.45, 2.75) is 24.3 Å². The normalized spacial score (nSPS) is 16.2. The van der Waals surface area contributed by atoms with Gasteiger partial charge in [0, 0.05) is 12.0 Å². The zero-order valence-electron chi connectivity index (χ0n) is 17.6. The molecule has 4 rings (SSSR count). The Hall–Kier alpha value is -3.32. The van der Waals surface area contributed by atoms with E-state index in [2.05, 4.69) is 5.10 Å². The summed E-state index contributed by atoms with van der Waals surface area (Å²) in [5.74, 6) is 1.17. The summed E-state index contributed by atoms with van der Waals surface area (Å²) in [6.45, 7) is 2.00. The number of ether oxygens (including phenoxy) is 2. The van der Waals surface area contributed by atoms with Crippen LogP contribution < -0.4 is 9.47 Å². The number of hydrogen-bond acceptors (Lipinski definition) is 5. The van der Waals surface area contributed by atoms with E-state index >= 15 is 0 Å². The molecule has 160 valence electrons. The highest BCUT2D eigenvalue weighted by molar-refractivity contribution is 7.89. The van der Waals surface area contributed by atoms with Crippen LogP contribution in [0.25, 0.3) is 0 Å². The third-order valence-corrected chi connectivity index (χ3v) is 7.04. The molecule has 3 aromatic rings. The summed E-state index contributed by atoms with van der Waals surface area (Å²) in [4.78, 5) is 0.212. The van der Waals surface area contributed by atoms with E-state index in [-0.39, 0.29) is 4.90 Å². The molecule has 7 heteroatoms. The summed E-state index contributed by atoms with van der Waals surface area (Å²) in [5.41, 5.74) is 3.47. The Bertz CT molecular complexity index is 1210. The Balaban J connectivity index is 1.80. The van der Waals surface area contributed by atoms with Crippen LogP contribution in [0, 0.1) is 6.92 Å². The monoisotopic (exact) mass is 436 g/mol. The lowest BCUT2D eigenvalue weighted by atomic mass is 9.98. The van der Waals surface area contributed by atoms with Gasteiger partial charge in [-0.25, -0.2) is 0 Å². The fraction of sp³-hybridized carbons (Fsp3) is 0.208. The second-order valence-corrected chi connectivity index (χ2v) is 9.13. The van der Waals surface area contributed by atoms with E-state index in [1.165, 1.54) is 4.41 Å². The van der Waals surface area contributed by atoms with Gasteiger partial charge in [0.2, 0.25) is 0 Å². The van der Waals surface area contributed by atoms with Crippen LogP contribution in [-0.4, -0.2) is 32.8 Å². The first-order valence-corrected chi connectivity index (χ1v) is 11.3. The van der Waals surface area contributed by atoms with Crippen molar-refractivity contribution < 1.29 is 17.9 Å². The molecule has 0 aliphatic carbocycles. The number of hydrogen-bond donors (Lipinski definition) is 0. The number of sulfonamides is 1. The largest absolute Gasteiger partial charge is 0.493 e. The summed E-state index contributed by atoms with van der Waals surface area (Å²) >= 11 is 0. The van der Waals surface area contributed by atoms with Crippen LogP contribution in [0.1, 0.15) is 29.2 Å². The number of methoxy groups -OCH3 is 2. The van der Waals surface area contributed by atoms with Crippen molar-refractivity contribution in [2.24, 2.45) is 5.10 Å². The molecule has 1 atom stereocenters. The molecule has 1 unspecified atom stereocenters. The zero-order chi connectivity index (χ0) is 22.0. The molecule has 31 heavy (non-hydrogen) atoms. The third-order valence-electron chi connectivity index (χ3n) is 5.34. The molecule has 6 nitrogen and oxygen atoms in total. The fourth-order valence-electron chi connectivity index (χ4n) is 3.64. The summed E-state index contributed by atoms with van der Waals surface area (Å²) in [6, 6.07) is 21.3. The third kappa shape index (κ3) is 4.01. The highest BCUT2D eigenvalue weighted by Gasteiger charge is 2.37. The van der Waals surface area contributed by atoms with Gasteiger partial charge in [0.1, 0.15) is 0 Å². The Labute approximate surface area is 182 Å². The molecule has 0 bridgehead atoms. The maximum Gasteiger partial charge on any atom is 0.279 e. The van der Waals surface area contributed by atoms with Crippen LogP contribution in [0.15, 0.2) is 82.8 Å². The van der Waals surface area contributed by atoms with Crippen molar-refractivity contribution in [2.75, 3.05) is 14.2 Å². The van der Waals surface area contributed by atoms with Crippen molar-refractivity contribution in [3.05, 3.63) is 89.5 Å². The lowest BCUT2D eigenvalue weighted by Crippen LogP contribution is -2.27. The summed E-state index contributed by atoms with van der Waals surface area (Å²) in [5, 5.41) is 4.58. The molecular formula is C24H24N2O4S. The number of rotatable bonds is 6. The molecule has 1 aliphatic rings. The van der Waals surface area contributed by atoms with Gasteiger partial charge in [0.05, 0.1) is 30.9 Å². The van der Waals surface area contributed by atoms with Crippen LogP contribution in [0.2, 0.25) is 0 Å². The molecule has 0 saturated carbocycles. The lowest BCUT2D eigenvalue weighted by Gasteiger charge is -2.23. The van der Waals surface area contributed by atoms with Crippen LogP contribution in [0.3, 0.4) is 0 Å². The average molecular weight is 437 g/mol. The molecule has 0 N–H and O–H groups in total. The molecular weight excluding hydrogens is 412 g/mol. The molecule has 0 fully saturated rings. The van der Waals surface area contributed by atoms with E-state index in [0.29, 0.717) is 23.6 Å². The first-order chi connectivity index (χ1) is 14.9. The Morgan fingerprint density at radius 1 is 0.903 bits per heavy atom. The summed E-state index contributed by atoms with van der Waals surface area (Å²) < 4.78 is 38.9. The van der Waals surface area contributed by atoms with Crippen molar-refractivity contribution in [3.63, 3.8) is 0 Å². The van der Waals surface area contributed by atoms with Gasteiger partial charge in [0.15, 0.2) is 11.5 Å². The molecule has 1 heterocycles. The summed E-state index contributed by atoms with van der Waals surface area (Å²) in [7, 11) is -0.681. The molecule has 0 saturated heterocycles. The van der Waals surface area contributed by atoms with Crippen molar-refractivity contribution in [1.82, 2.24) is 4.41 Å². The van der Waals surface area contributed by atoms with Crippen LogP contribution in [-0.2, 0) is 10.0 Å². The molecule has 0 spiro atoms. The van der Waals surface area contributed by atoms with Crippen LogP contribution >= 0.6 is 0 Å². The molecule has 0 radical (unpaired) electrons. The van der Waals surface area contributed by atoms with E-state index < -0.39 is 16.1 Å². The average Bonchev–Trinajstić information content (AvgIpc) is 3.26. The van der Waals surface area contributed by atoms with Gasteiger partial charge in [-0.05, 0) is 42.8 Å². The van der Waals surface area contributed by atoms with Gasteiger partial charge in [-0.3, -0.25) is 0 Å². The predicted molar refractivity (Wildman–Crippen MR) is 120 cm³/mol. The SMILES string of the molecule is COc1ccc(C2=NN(S(=O)(=O)c3ccccc3)C(c3ccc(C)cc3)C2)cc1OC. The number of benzene rings is 3. The smallest absolute Gasteiger partial charge is 0.279 e. The van der Waals surface area contributed by atoms with Crippen LogP contribution in [0.5, 0.6) is 11.5 Å².